The first-order valence-electron chi connectivity index (χ1n) is 9.59. The third-order valence-corrected chi connectivity index (χ3v) is 4.96. The van der Waals surface area contributed by atoms with Crippen LogP contribution in [0.5, 0.6) is 0 Å². The molecule has 0 aliphatic rings. The molecule has 0 unspecified atom stereocenters. The predicted molar refractivity (Wildman–Crippen MR) is 123 cm³/mol. The van der Waals surface area contributed by atoms with Crippen molar-refractivity contribution in [3.8, 4) is 11.3 Å². The molecule has 4 aromatic rings. The molecule has 0 fully saturated rings. The van der Waals surface area contributed by atoms with E-state index < -0.39 is 0 Å². The summed E-state index contributed by atoms with van der Waals surface area (Å²) in [6.07, 6.45) is 0. The van der Waals surface area contributed by atoms with Gasteiger partial charge in [-0.1, -0.05) is 48.0 Å². The Kier molecular flexibility index (Phi) is 5.82. The summed E-state index contributed by atoms with van der Waals surface area (Å²) in [6.45, 7) is 1.88. The van der Waals surface area contributed by atoms with Crippen molar-refractivity contribution in [1.82, 2.24) is 10.2 Å². The monoisotopic (exact) mass is 430 g/mol. The minimum absolute atomic E-state index is 0.221. The van der Waals surface area contributed by atoms with Gasteiger partial charge in [0, 0.05) is 27.5 Å². The Morgan fingerprint density at radius 2 is 1.68 bits per heavy atom. The Labute approximate surface area is 184 Å². The van der Waals surface area contributed by atoms with E-state index in [0.29, 0.717) is 33.3 Å². The highest BCUT2D eigenvalue weighted by atomic mass is 35.5. The number of carbonyl (C=O) groups excluding carboxylic acids is 2. The summed E-state index contributed by atoms with van der Waals surface area (Å²) in [4.78, 5) is 25.1. The number of amides is 2. The SMILES string of the molecule is Cc1ccc(NC(=O)c2ccccc2)cc1NC(=O)c1cc(-c2cccc(Cl)c2)n[nH]1. The van der Waals surface area contributed by atoms with Gasteiger partial charge >= 0.3 is 0 Å². The molecule has 0 aliphatic carbocycles. The number of aromatic nitrogens is 2. The van der Waals surface area contributed by atoms with Crippen LogP contribution in [0.4, 0.5) is 11.4 Å². The summed E-state index contributed by atoms with van der Waals surface area (Å²) in [5, 5.41) is 13.3. The van der Waals surface area contributed by atoms with Crippen molar-refractivity contribution in [2.75, 3.05) is 10.6 Å². The van der Waals surface area contributed by atoms with Crippen LogP contribution in [0.3, 0.4) is 0 Å². The molecule has 3 N–H and O–H groups in total. The third kappa shape index (κ3) is 4.82. The normalized spacial score (nSPS) is 10.5. The van der Waals surface area contributed by atoms with Crippen LogP contribution >= 0.6 is 11.6 Å². The molecular formula is C24H19ClN4O2. The molecule has 0 atom stereocenters. The Hall–Kier alpha value is -3.90. The van der Waals surface area contributed by atoms with Gasteiger partial charge in [0.25, 0.3) is 11.8 Å². The van der Waals surface area contributed by atoms with E-state index in [-0.39, 0.29) is 11.8 Å². The van der Waals surface area contributed by atoms with E-state index in [1.807, 2.05) is 31.2 Å². The summed E-state index contributed by atoms with van der Waals surface area (Å²) in [6, 6.07) is 23.2. The summed E-state index contributed by atoms with van der Waals surface area (Å²) in [5.74, 6) is -0.558. The van der Waals surface area contributed by atoms with E-state index in [1.165, 1.54) is 0 Å². The Bertz CT molecular complexity index is 1250. The second-order valence-electron chi connectivity index (χ2n) is 6.98. The zero-order valence-corrected chi connectivity index (χ0v) is 17.4. The predicted octanol–water partition coefficient (Wildman–Crippen LogP) is 5.54. The molecule has 0 radical (unpaired) electrons. The van der Waals surface area contributed by atoms with Crippen LogP contribution in [0.1, 0.15) is 26.4 Å². The summed E-state index contributed by atoms with van der Waals surface area (Å²) < 4.78 is 0. The molecule has 0 saturated heterocycles. The molecule has 0 bridgehead atoms. The van der Waals surface area contributed by atoms with Crippen LogP contribution in [0, 0.1) is 6.92 Å². The van der Waals surface area contributed by atoms with E-state index in [0.717, 1.165) is 11.1 Å². The second kappa shape index (κ2) is 8.85. The number of rotatable bonds is 5. The Balaban J connectivity index is 1.49. The second-order valence-corrected chi connectivity index (χ2v) is 7.42. The average molecular weight is 431 g/mol. The number of carbonyl (C=O) groups is 2. The van der Waals surface area contributed by atoms with Gasteiger partial charge < -0.3 is 10.6 Å². The molecule has 1 heterocycles. The molecular weight excluding hydrogens is 412 g/mol. The lowest BCUT2D eigenvalue weighted by atomic mass is 10.1. The first-order chi connectivity index (χ1) is 15.0. The van der Waals surface area contributed by atoms with Crippen LogP contribution in [0.25, 0.3) is 11.3 Å². The van der Waals surface area contributed by atoms with Crippen LogP contribution in [0.15, 0.2) is 78.9 Å². The Morgan fingerprint density at radius 1 is 0.871 bits per heavy atom. The number of nitrogens with one attached hydrogen (secondary N) is 3. The fourth-order valence-electron chi connectivity index (χ4n) is 3.05. The first kappa shape index (κ1) is 20.4. The van der Waals surface area contributed by atoms with Crippen molar-refractivity contribution < 1.29 is 9.59 Å². The van der Waals surface area contributed by atoms with Gasteiger partial charge in [0.15, 0.2) is 0 Å². The summed E-state index contributed by atoms with van der Waals surface area (Å²) >= 11 is 6.03. The van der Waals surface area contributed by atoms with Crippen molar-refractivity contribution in [3.63, 3.8) is 0 Å². The minimum atomic E-state index is -0.338. The third-order valence-electron chi connectivity index (χ3n) is 4.72. The van der Waals surface area contributed by atoms with Gasteiger partial charge in [-0.05, 0) is 55.0 Å². The topological polar surface area (TPSA) is 86.9 Å². The fourth-order valence-corrected chi connectivity index (χ4v) is 3.24. The maximum Gasteiger partial charge on any atom is 0.273 e. The smallest absolute Gasteiger partial charge is 0.273 e. The van der Waals surface area contributed by atoms with Crippen LogP contribution < -0.4 is 10.6 Å². The molecule has 2 amide bonds. The van der Waals surface area contributed by atoms with Crippen molar-refractivity contribution in [2.45, 2.75) is 6.92 Å². The molecule has 0 aliphatic heterocycles. The van der Waals surface area contributed by atoms with E-state index in [1.54, 1.807) is 54.6 Å². The molecule has 7 heteroatoms. The number of nitrogens with zero attached hydrogens (tertiary/aromatic N) is 1. The van der Waals surface area contributed by atoms with E-state index >= 15 is 0 Å². The van der Waals surface area contributed by atoms with Gasteiger partial charge in [-0.25, -0.2) is 0 Å². The lowest BCUT2D eigenvalue weighted by molar-refractivity contribution is 0.101. The van der Waals surface area contributed by atoms with E-state index in [4.69, 9.17) is 11.6 Å². The van der Waals surface area contributed by atoms with E-state index in [2.05, 4.69) is 20.8 Å². The number of hydrogen-bond acceptors (Lipinski definition) is 3. The van der Waals surface area contributed by atoms with Gasteiger partial charge in [0.05, 0.1) is 5.69 Å². The molecule has 0 spiro atoms. The van der Waals surface area contributed by atoms with Gasteiger partial charge in [-0.2, -0.15) is 5.10 Å². The van der Waals surface area contributed by atoms with Gasteiger partial charge in [0.1, 0.15) is 5.69 Å². The highest BCUT2D eigenvalue weighted by Gasteiger charge is 2.14. The molecule has 1 aromatic heterocycles. The van der Waals surface area contributed by atoms with Crippen LogP contribution in [-0.4, -0.2) is 22.0 Å². The zero-order chi connectivity index (χ0) is 21.8. The maximum atomic E-state index is 12.7. The quantitative estimate of drug-likeness (QED) is 0.388. The number of H-pyrrole nitrogens is 1. The Morgan fingerprint density at radius 3 is 2.45 bits per heavy atom. The van der Waals surface area contributed by atoms with Crippen LogP contribution in [-0.2, 0) is 0 Å². The van der Waals surface area contributed by atoms with E-state index in [9.17, 15) is 9.59 Å². The van der Waals surface area contributed by atoms with Crippen LogP contribution in [0.2, 0.25) is 5.02 Å². The molecule has 4 rings (SSSR count). The van der Waals surface area contributed by atoms with Crippen molar-refractivity contribution in [3.05, 3.63) is 101 Å². The molecule has 31 heavy (non-hydrogen) atoms. The first-order valence-corrected chi connectivity index (χ1v) is 9.97. The van der Waals surface area contributed by atoms with Crippen molar-refractivity contribution in [2.24, 2.45) is 0 Å². The molecule has 0 saturated carbocycles. The number of anilines is 2. The number of hydrogen-bond donors (Lipinski definition) is 3. The number of aryl methyl sites for hydroxylation is 1. The summed E-state index contributed by atoms with van der Waals surface area (Å²) in [5.41, 5.74) is 4.33. The number of aromatic amines is 1. The zero-order valence-electron chi connectivity index (χ0n) is 16.6. The lowest BCUT2D eigenvalue weighted by Crippen LogP contribution is -2.15. The highest BCUT2D eigenvalue weighted by Crippen LogP contribution is 2.24. The number of halogens is 1. The molecule has 154 valence electrons. The average Bonchev–Trinajstić information content (AvgIpc) is 3.27. The van der Waals surface area contributed by atoms with Gasteiger partial charge in [-0.3, -0.25) is 14.7 Å². The minimum Gasteiger partial charge on any atom is -0.322 e. The maximum absolute atomic E-state index is 12.7. The largest absolute Gasteiger partial charge is 0.322 e. The standard InChI is InChI=1S/C24H19ClN4O2/c1-15-10-11-19(26-23(30)16-6-3-2-4-7-16)13-20(15)27-24(31)22-14-21(28-29-22)17-8-5-9-18(25)12-17/h2-14H,1H3,(H,26,30)(H,27,31)(H,28,29). The summed E-state index contributed by atoms with van der Waals surface area (Å²) in [7, 11) is 0. The van der Waals surface area contributed by atoms with Gasteiger partial charge in [0.2, 0.25) is 0 Å². The molecule has 3 aromatic carbocycles. The number of benzene rings is 3. The highest BCUT2D eigenvalue weighted by molar-refractivity contribution is 6.30. The lowest BCUT2D eigenvalue weighted by Gasteiger charge is -2.11. The van der Waals surface area contributed by atoms with Crippen molar-refractivity contribution in [1.29, 1.82) is 0 Å². The fraction of sp³-hybridized carbons (Fsp3) is 0.0417. The van der Waals surface area contributed by atoms with Crippen molar-refractivity contribution >= 4 is 34.8 Å². The molecule has 6 nitrogen and oxygen atoms in total. The van der Waals surface area contributed by atoms with Gasteiger partial charge in [-0.15, -0.1) is 0 Å².